The number of hydrogen-bond acceptors (Lipinski definition) is 4. The predicted molar refractivity (Wildman–Crippen MR) is 86.5 cm³/mol. The Morgan fingerprint density at radius 3 is 2.90 bits per heavy atom. The van der Waals surface area contributed by atoms with Crippen LogP contribution in [0.1, 0.15) is 18.9 Å². The molecule has 1 atom stereocenters. The summed E-state index contributed by atoms with van der Waals surface area (Å²) in [5, 5.41) is 4.93. The van der Waals surface area contributed by atoms with Crippen LogP contribution >= 0.6 is 11.6 Å². The topological polar surface area (TPSA) is 50.2 Å². The third-order valence-corrected chi connectivity index (χ3v) is 4.16. The van der Waals surface area contributed by atoms with Crippen LogP contribution in [0.25, 0.3) is 10.9 Å². The van der Waals surface area contributed by atoms with Gasteiger partial charge in [0.05, 0.1) is 11.6 Å². The van der Waals surface area contributed by atoms with Gasteiger partial charge in [-0.15, -0.1) is 0 Å². The Balaban J connectivity index is 2.28. The van der Waals surface area contributed by atoms with E-state index < -0.39 is 0 Å². The fourth-order valence-electron chi connectivity index (χ4n) is 2.95. The summed E-state index contributed by atoms with van der Waals surface area (Å²) < 4.78 is 1.79. The van der Waals surface area contributed by atoms with Crippen molar-refractivity contribution in [1.29, 1.82) is 0 Å². The summed E-state index contributed by atoms with van der Waals surface area (Å²) >= 11 is 6.15. The Bertz CT molecular complexity index is 719. The Kier molecular flexibility index (Phi) is 3.87. The smallest absolute Gasteiger partial charge is 0.350 e. The van der Waals surface area contributed by atoms with Crippen molar-refractivity contribution in [1.82, 2.24) is 14.9 Å². The quantitative estimate of drug-likeness (QED) is 0.922. The highest BCUT2D eigenvalue weighted by Gasteiger charge is 2.21. The lowest BCUT2D eigenvalue weighted by molar-refractivity contribution is 0.369. The van der Waals surface area contributed by atoms with Crippen LogP contribution in [0, 0.1) is 0 Å². The molecule has 21 heavy (non-hydrogen) atoms. The van der Waals surface area contributed by atoms with Gasteiger partial charge >= 0.3 is 5.69 Å². The van der Waals surface area contributed by atoms with Crippen LogP contribution in [0.4, 0.5) is 5.82 Å². The van der Waals surface area contributed by atoms with E-state index in [2.05, 4.69) is 10.3 Å². The number of rotatable bonds is 2. The van der Waals surface area contributed by atoms with Gasteiger partial charge in [0.1, 0.15) is 5.82 Å². The highest BCUT2D eigenvalue weighted by atomic mass is 35.5. The number of fused-ring (bicyclic) bond motifs is 1. The molecule has 0 bridgehead atoms. The molecule has 112 valence electrons. The summed E-state index contributed by atoms with van der Waals surface area (Å²) in [6.07, 6.45) is 2.05. The Hall–Kier alpha value is -1.59. The van der Waals surface area contributed by atoms with Crippen LogP contribution in [-0.4, -0.2) is 36.7 Å². The molecule has 1 saturated heterocycles. The first-order valence-electron chi connectivity index (χ1n) is 7.18. The molecule has 0 aliphatic carbocycles. The first kappa shape index (κ1) is 14.4. The monoisotopic (exact) mass is 306 g/mol. The molecule has 5 nitrogen and oxygen atoms in total. The van der Waals surface area contributed by atoms with Crippen LogP contribution in [-0.2, 0) is 0 Å². The van der Waals surface area contributed by atoms with Gasteiger partial charge in [0.25, 0.3) is 0 Å². The summed E-state index contributed by atoms with van der Waals surface area (Å²) in [4.78, 5) is 18.7. The third kappa shape index (κ3) is 2.63. The molecule has 0 spiro atoms. The molecule has 1 N–H and O–H groups in total. The molecule has 2 heterocycles. The van der Waals surface area contributed by atoms with Gasteiger partial charge in [-0.2, -0.15) is 4.98 Å². The van der Waals surface area contributed by atoms with Gasteiger partial charge in [-0.05, 0) is 37.6 Å². The molecule has 0 saturated carbocycles. The average molecular weight is 307 g/mol. The largest absolute Gasteiger partial charge is 0.362 e. The average Bonchev–Trinajstić information content (AvgIpc) is 2.47. The number of benzene rings is 1. The lowest BCUT2D eigenvalue weighted by Gasteiger charge is -2.27. The van der Waals surface area contributed by atoms with E-state index in [0.29, 0.717) is 10.8 Å². The minimum absolute atomic E-state index is 0.135. The van der Waals surface area contributed by atoms with E-state index in [0.717, 1.165) is 36.8 Å². The predicted octanol–water partition coefficient (Wildman–Crippen LogP) is 2.04. The number of anilines is 1. The Labute approximate surface area is 128 Å². The van der Waals surface area contributed by atoms with E-state index in [-0.39, 0.29) is 11.7 Å². The van der Waals surface area contributed by atoms with E-state index in [1.807, 2.05) is 37.2 Å². The maximum absolute atomic E-state index is 12.5. The standard InChI is InChI=1S/C15H19ClN4O/c1-19(2)14-12-6-5-10(16)8-13(12)20(15(21)18-14)11-4-3-7-17-9-11/h5-6,8,11,17H,3-4,7,9H2,1-2H3. The number of nitrogens with one attached hydrogen (secondary N) is 1. The zero-order valence-corrected chi connectivity index (χ0v) is 13.0. The normalized spacial score (nSPS) is 18.9. The van der Waals surface area contributed by atoms with Crippen molar-refractivity contribution in [2.75, 3.05) is 32.1 Å². The maximum Gasteiger partial charge on any atom is 0.350 e. The van der Waals surface area contributed by atoms with E-state index in [1.54, 1.807) is 4.57 Å². The van der Waals surface area contributed by atoms with Gasteiger partial charge in [0.2, 0.25) is 0 Å². The number of hydrogen-bond donors (Lipinski definition) is 1. The van der Waals surface area contributed by atoms with E-state index in [4.69, 9.17) is 11.6 Å². The summed E-state index contributed by atoms with van der Waals surface area (Å²) in [5.74, 6) is 0.687. The summed E-state index contributed by atoms with van der Waals surface area (Å²) in [6.45, 7) is 1.80. The molecular formula is C15H19ClN4O. The fourth-order valence-corrected chi connectivity index (χ4v) is 3.11. The lowest BCUT2D eigenvalue weighted by Crippen LogP contribution is -2.38. The molecular weight excluding hydrogens is 288 g/mol. The van der Waals surface area contributed by atoms with Crippen LogP contribution in [0.3, 0.4) is 0 Å². The minimum atomic E-state index is -0.206. The third-order valence-electron chi connectivity index (χ3n) is 3.93. The molecule has 1 aliphatic heterocycles. The summed E-state index contributed by atoms with van der Waals surface area (Å²) in [5.41, 5.74) is 0.655. The summed E-state index contributed by atoms with van der Waals surface area (Å²) in [7, 11) is 3.78. The minimum Gasteiger partial charge on any atom is -0.362 e. The summed E-state index contributed by atoms with van der Waals surface area (Å²) in [6, 6.07) is 5.77. The lowest BCUT2D eigenvalue weighted by atomic mass is 10.1. The van der Waals surface area contributed by atoms with E-state index in [1.165, 1.54) is 0 Å². The van der Waals surface area contributed by atoms with Gasteiger partial charge < -0.3 is 10.2 Å². The number of halogens is 1. The van der Waals surface area contributed by atoms with Crippen molar-refractivity contribution in [3.8, 4) is 0 Å². The Morgan fingerprint density at radius 1 is 1.43 bits per heavy atom. The van der Waals surface area contributed by atoms with Gasteiger partial charge in [-0.1, -0.05) is 11.6 Å². The number of nitrogens with zero attached hydrogens (tertiary/aromatic N) is 3. The van der Waals surface area contributed by atoms with Gasteiger partial charge in [0, 0.05) is 31.0 Å². The van der Waals surface area contributed by atoms with Crippen LogP contribution in [0.15, 0.2) is 23.0 Å². The van der Waals surface area contributed by atoms with Crippen molar-refractivity contribution >= 4 is 28.3 Å². The van der Waals surface area contributed by atoms with Crippen molar-refractivity contribution in [2.24, 2.45) is 0 Å². The zero-order valence-electron chi connectivity index (χ0n) is 12.3. The first-order valence-corrected chi connectivity index (χ1v) is 7.55. The van der Waals surface area contributed by atoms with Gasteiger partial charge in [0.15, 0.2) is 0 Å². The van der Waals surface area contributed by atoms with E-state index >= 15 is 0 Å². The van der Waals surface area contributed by atoms with Crippen molar-refractivity contribution < 1.29 is 0 Å². The Morgan fingerprint density at radius 2 is 2.24 bits per heavy atom. The first-order chi connectivity index (χ1) is 10.1. The molecule has 1 aliphatic rings. The van der Waals surface area contributed by atoms with Crippen LogP contribution in [0.5, 0.6) is 0 Å². The van der Waals surface area contributed by atoms with Crippen molar-refractivity contribution in [3.63, 3.8) is 0 Å². The van der Waals surface area contributed by atoms with Gasteiger partial charge in [-0.25, -0.2) is 4.79 Å². The van der Waals surface area contributed by atoms with Crippen molar-refractivity contribution in [3.05, 3.63) is 33.7 Å². The van der Waals surface area contributed by atoms with E-state index in [9.17, 15) is 4.79 Å². The number of piperidine rings is 1. The molecule has 1 aromatic carbocycles. The van der Waals surface area contributed by atoms with Crippen molar-refractivity contribution in [2.45, 2.75) is 18.9 Å². The second-order valence-corrected chi connectivity index (χ2v) is 6.08. The molecule has 1 aromatic heterocycles. The van der Waals surface area contributed by atoms with Gasteiger partial charge in [-0.3, -0.25) is 4.57 Å². The second kappa shape index (κ2) is 5.66. The molecule has 0 amide bonds. The zero-order chi connectivity index (χ0) is 15.0. The molecule has 1 unspecified atom stereocenters. The molecule has 0 radical (unpaired) electrons. The molecule has 2 aromatic rings. The fraction of sp³-hybridized carbons (Fsp3) is 0.467. The SMILES string of the molecule is CN(C)c1nc(=O)n(C2CCCNC2)c2cc(Cl)ccc12. The van der Waals surface area contributed by atoms with Crippen LogP contribution < -0.4 is 15.9 Å². The highest BCUT2D eigenvalue weighted by Crippen LogP contribution is 2.28. The highest BCUT2D eigenvalue weighted by molar-refractivity contribution is 6.31. The molecule has 1 fully saturated rings. The van der Waals surface area contributed by atoms with Crippen LogP contribution in [0.2, 0.25) is 5.02 Å². The molecule has 3 rings (SSSR count). The molecule has 6 heteroatoms. The number of aromatic nitrogens is 2. The maximum atomic E-state index is 12.5. The second-order valence-electron chi connectivity index (χ2n) is 5.64.